The number of pyridine rings is 1. The van der Waals surface area contributed by atoms with Gasteiger partial charge in [0.25, 0.3) is 11.5 Å². The normalized spacial score (nSPS) is 12.0. The van der Waals surface area contributed by atoms with Crippen LogP contribution in [0.2, 0.25) is 10.0 Å². The fourth-order valence-corrected chi connectivity index (χ4v) is 3.42. The zero-order valence-corrected chi connectivity index (χ0v) is 20.4. The van der Waals surface area contributed by atoms with Crippen molar-refractivity contribution in [2.45, 2.75) is 12.5 Å². The number of hydrogen-bond donors (Lipinski definition) is 7. The van der Waals surface area contributed by atoms with E-state index in [1.807, 2.05) is 0 Å². The van der Waals surface area contributed by atoms with E-state index < -0.39 is 48.1 Å². The van der Waals surface area contributed by atoms with Crippen LogP contribution in [0, 0.1) is 0 Å². The number of carbonyl (C=O) groups excluding carboxylic acids is 2. The van der Waals surface area contributed by atoms with Crippen LogP contribution in [0.15, 0.2) is 34.2 Å². The number of aliphatic imine (C=N–C) groups is 1. The fourth-order valence-electron chi connectivity index (χ4n) is 2.92. The van der Waals surface area contributed by atoms with Crippen molar-refractivity contribution in [3.63, 3.8) is 0 Å². The number of aromatic hydroxyl groups is 1. The number of guanidine groups is 1. The molecule has 1 atom stereocenters. The van der Waals surface area contributed by atoms with E-state index in [0.717, 1.165) is 6.20 Å². The number of anilines is 1. The van der Waals surface area contributed by atoms with E-state index in [9.17, 15) is 29.4 Å². The summed E-state index contributed by atoms with van der Waals surface area (Å²) in [5, 5.41) is 26.7. The van der Waals surface area contributed by atoms with Gasteiger partial charge in [-0.2, -0.15) is 0 Å². The number of hydrogen-bond acceptors (Lipinski definition) is 7. The molecule has 1 aromatic heterocycles. The molecule has 0 aliphatic heterocycles. The number of carbonyl (C=O) groups is 3. The highest BCUT2D eigenvalue weighted by Gasteiger charge is 2.23. The van der Waals surface area contributed by atoms with Crippen LogP contribution in [0.25, 0.3) is 0 Å². The first kappa shape index (κ1) is 28.4. The summed E-state index contributed by atoms with van der Waals surface area (Å²) in [7, 11) is 1.50. The van der Waals surface area contributed by atoms with Crippen molar-refractivity contribution in [2.24, 2.45) is 10.7 Å². The number of amides is 2. The molecule has 8 N–H and O–H groups in total. The number of aliphatic carboxylic acids is 1. The van der Waals surface area contributed by atoms with Crippen LogP contribution in [0.3, 0.4) is 0 Å². The van der Waals surface area contributed by atoms with Crippen LogP contribution < -0.4 is 27.2 Å². The maximum Gasteiger partial charge on any atom is 0.305 e. The average molecular weight is 543 g/mol. The number of nitrogens with zero attached hydrogens (tertiary/aromatic N) is 1. The molecule has 36 heavy (non-hydrogen) atoms. The van der Waals surface area contributed by atoms with E-state index in [1.165, 1.54) is 25.3 Å². The molecule has 1 unspecified atom stereocenters. The molecule has 1 heterocycles. The zero-order valence-electron chi connectivity index (χ0n) is 18.9. The van der Waals surface area contributed by atoms with Gasteiger partial charge in [-0.3, -0.25) is 24.2 Å². The third-order valence-electron chi connectivity index (χ3n) is 4.56. The first-order valence-corrected chi connectivity index (χ1v) is 11.0. The lowest BCUT2D eigenvalue weighted by molar-refractivity contribution is -0.137. The number of carboxylic acids is 1. The maximum atomic E-state index is 12.5. The number of aromatic amines is 1. The number of aromatic nitrogens is 1. The summed E-state index contributed by atoms with van der Waals surface area (Å²) in [6.45, 7) is 0.0254. The molecule has 0 saturated heterocycles. The van der Waals surface area contributed by atoms with Gasteiger partial charge in [0.1, 0.15) is 11.4 Å². The maximum absolute atomic E-state index is 12.5. The largest absolute Gasteiger partial charge is 0.506 e. The summed E-state index contributed by atoms with van der Waals surface area (Å²) < 4.78 is 4.85. The predicted molar refractivity (Wildman–Crippen MR) is 133 cm³/mol. The van der Waals surface area contributed by atoms with E-state index in [0.29, 0.717) is 6.61 Å². The molecular weight excluding hydrogens is 519 g/mol. The second-order valence-electron chi connectivity index (χ2n) is 7.24. The van der Waals surface area contributed by atoms with Crippen molar-refractivity contribution < 1.29 is 29.3 Å². The molecule has 0 aliphatic carbocycles. The van der Waals surface area contributed by atoms with Gasteiger partial charge in [-0.15, -0.1) is 0 Å². The highest BCUT2D eigenvalue weighted by Crippen LogP contribution is 2.36. The Hall–Kier alpha value is -3.81. The van der Waals surface area contributed by atoms with E-state index in [4.69, 9.17) is 33.7 Å². The molecule has 0 fully saturated rings. The Morgan fingerprint density at radius 3 is 2.64 bits per heavy atom. The standard InChI is InChI=1S/C21H24Cl2N6O7/c1-36-3-2-25-21(24)29-15-4-10(8-26-20(15)35)19(34)27-9-16(30)28-14(7-17(31)32)12-5-11(22)6-13(23)18(12)33/h4-6,8,14,33H,2-3,7,9H2,1H3,(H,26,35)(H,27,34)(H,28,30)(H,31,32)(H3,24,25,29). The lowest BCUT2D eigenvalue weighted by Crippen LogP contribution is -2.39. The quantitative estimate of drug-likeness (QED) is 0.121. The molecule has 0 radical (unpaired) electrons. The second kappa shape index (κ2) is 13.3. The van der Waals surface area contributed by atoms with Gasteiger partial charge in [0.15, 0.2) is 5.96 Å². The predicted octanol–water partition coefficient (Wildman–Crippen LogP) is 0.822. The van der Waals surface area contributed by atoms with Crippen LogP contribution in [0.1, 0.15) is 28.4 Å². The van der Waals surface area contributed by atoms with Crippen LogP contribution in [-0.4, -0.2) is 65.7 Å². The monoisotopic (exact) mass is 542 g/mol. The number of ether oxygens (including phenoxy) is 1. The van der Waals surface area contributed by atoms with Gasteiger partial charge in [0.05, 0.1) is 42.7 Å². The third kappa shape index (κ3) is 8.45. The summed E-state index contributed by atoms with van der Waals surface area (Å²) in [5.41, 5.74) is 5.07. The minimum Gasteiger partial charge on any atom is -0.506 e. The third-order valence-corrected chi connectivity index (χ3v) is 5.07. The van der Waals surface area contributed by atoms with Crippen molar-refractivity contribution in [1.29, 1.82) is 0 Å². The number of nitrogens with two attached hydrogens (primary N) is 1. The van der Waals surface area contributed by atoms with Crippen molar-refractivity contribution in [2.75, 3.05) is 32.1 Å². The van der Waals surface area contributed by atoms with Crippen LogP contribution in [0.5, 0.6) is 5.75 Å². The number of phenols is 1. The summed E-state index contributed by atoms with van der Waals surface area (Å²) in [6, 6.07) is 2.56. The molecule has 194 valence electrons. The Balaban J connectivity index is 2.08. The molecule has 0 saturated carbocycles. The van der Waals surface area contributed by atoms with Crippen molar-refractivity contribution in [3.05, 3.63) is 55.9 Å². The molecular formula is C21H24Cl2N6O7. The summed E-state index contributed by atoms with van der Waals surface area (Å²) >= 11 is 11.8. The number of rotatable bonds is 11. The topological polar surface area (TPSA) is 208 Å². The van der Waals surface area contributed by atoms with Gasteiger partial charge < -0.3 is 41.6 Å². The number of nitrogens with one attached hydrogen (secondary N) is 4. The van der Waals surface area contributed by atoms with E-state index in [1.54, 1.807) is 0 Å². The number of phenolic OH excluding ortho intramolecular Hbond substituents is 1. The number of halogens is 2. The molecule has 0 bridgehead atoms. The summed E-state index contributed by atoms with van der Waals surface area (Å²) in [5.74, 6) is -3.25. The average Bonchev–Trinajstić information content (AvgIpc) is 2.80. The minimum atomic E-state index is -1.27. The van der Waals surface area contributed by atoms with Crippen LogP contribution in [0.4, 0.5) is 5.69 Å². The Bertz CT molecular complexity index is 1220. The lowest BCUT2D eigenvalue weighted by atomic mass is 10.0. The molecule has 2 aromatic rings. The molecule has 15 heteroatoms. The summed E-state index contributed by atoms with van der Waals surface area (Å²) in [4.78, 5) is 54.5. The highest BCUT2D eigenvalue weighted by molar-refractivity contribution is 6.35. The first-order valence-electron chi connectivity index (χ1n) is 10.3. The number of carboxylic acid groups (broad SMARTS) is 1. The van der Waals surface area contributed by atoms with Gasteiger partial charge in [0, 0.05) is 23.9 Å². The van der Waals surface area contributed by atoms with Gasteiger partial charge in [-0.1, -0.05) is 23.2 Å². The minimum absolute atomic E-state index is 0.00375. The van der Waals surface area contributed by atoms with Gasteiger partial charge in [-0.25, -0.2) is 0 Å². The number of benzene rings is 1. The molecule has 2 rings (SSSR count). The molecule has 2 amide bonds. The highest BCUT2D eigenvalue weighted by atomic mass is 35.5. The molecule has 0 spiro atoms. The first-order chi connectivity index (χ1) is 17.0. The number of H-pyrrole nitrogens is 1. The summed E-state index contributed by atoms with van der Waals surface area (Å²) in [6.07, 6.45) is 0.546. The Labute approximate surface area is 214 Å². The Kier molecular flexibility index (Phi) is 10.5. The lowest BCUT2D eigenvalue weighted by Gasteiger charge is -2.19. The number of methoxy groups -OCH3 is 1. The van der Waals surface area contributed by atoms with E-state index in [-0.39, 0.29) is 39.4 Å². The van der Waals surface area contributed by atoms with Crippen LogP contribution >= 0.6 is 23.2 Å². The van der Waals surface area contributed by atoms with Gasteiger partial charge in [-0.05, 0) is 18.2 Å². The Morgan fingerprint density at radius 1 is 1.25 bits per heavy atom. The SMILES string of the molecule is COCCN=C(N)Nc1cc(C(=O)NCC(=O)NC(CC(=O)O)c2cc(Cl)cc(Cl)c2O)c[nH]c1=O. The second-order valence-corrected chi connectivity index (χ2v) is 8.09. The van der Waals surface area contributed by atoms with E-state index >= 15 is 0 Å². The Morgan fingerprint density at radius 2 is 1.97 bits per heavy atom. The molecule has 0 aliphatic rings. The zero-order chi connectivity index (χ0) is 26.8. The van der Waals surface area contributed by atoms with E-state index in [2.05, 4.69) is 25.9 Å². The van der Waals surface area contributed by atoms with Gasteiger partial charge >= 0.3 is 5.97 Å². The van der Waals surface area contributed by atoms with Crippen molar-refractivity contribution >= 4 is 52.6 Å². The van der Waals surface area contributed by atoms with Gasteiger partial charge in [0.2, 0.25) is 5.91 Å². The van der Waals surface area contributed by atoms with Crippen molar-refractivity contribution in [3.8, 4) is 5.75 Å². The fraction of sp³-hybridized carbons (Fsp3) is 0.286. The molecule has 13 nitrogen and oxygen atoms in total. The smallest absolute Gasteiger partial charge is 0.305 e. The van der Waals surface area contributed by atoms with Crippen molar-refractivity contribution in [1.82, 2.24) is 15.6 Å². The molecule has 1 aromatic carbocycles. The van der Waals surface area contributed by atoms with Crippen LogP contribution in [-0.2, 0) is 14.3 Å².